The molecule has 0 saturated heterocycles. The number of carbonyl (C=O) groups is 2. The molecule has 0 aliphatic heterocycles. The van der Waals surface area contributed by atoms with Crippen LogP contribution in [0.15, 0.2) is 55.3 Å². The van der Waals surface area contributed by atoms with Crippen molar-refractivity contribution in [3.8, 4) is 16.9 Å². The largest absolute Gasteiger partial charge is 0.496 e. The molecule has 52 heavy (non-hydrogen) atoms. The smallest absolute Gasteiger partial charge is 0.238 e. The first-order chi connectivity index (χ1) is 25.0. The summed E-state index contributed by atoms with van der Waals surface area (Å²) in [5, 5.41) is 5.18. The number of nitrogens with one attached hydrogen (secondary N) is 3. The molecule has 0 spiro atoms. The van der Waals surface area contributed by atoms with Gasteiger partial charge < -0.3 is 25.3 Å². The minimum atomic E-state index is -0.698. The number of H-pyrrole nitrogens is 1. The van der Waals surface area contributed by atoms with Crippen LogP contribution in [0.25, 0.3) is 22.8 Å². The number of halogens is 1. The van der Waals surface area contributed by atoms with Gasteiger partial charge in [-0.2, -0.15) is 0 Å². The van der Waals surface area contributed by atoms with Gasteiger partial charge in [-0.05, 0) is 95.2 Å². The fraction of sp³-hybridized carbons (Fsp3) is 0.500. The highest BCUT2D eigenvalue weighted by Crippen LogP contribution is 2.36. The van der Waals surface area contributed by atoms with E-state index in [1.54, 1.807) is 26.3 Å². The number of Topliss-reactive ketones (excluding diaryl/α,β-unsaturated/α-hetero) is 1. The molecule has 0 radical (unpaired) electrons. The van der Waals surface area contributed by atoms with Gasteiger partial charge in [0.25, 0.3) is 0 Å². The van der Waals surface area contributed by atoms with Crippen molar-refractivity contribution in [1.82, 2.24) is 15.2 Å². The van der Waals surface area contributed by atoms with Crippen LogP contribution in [0.2, 0.25) is 0 Å². The molecular weight excluding hydrogens is 652 g/mol. The van der Waals surface area contributed by atoms with Gasteiger partial charge in [0.1, 0.15) is 11.6 Å². The second-order valence-electron chi connectivity index (χ2n) is 12.0. The average Bonchev–Trinajstić information content (AvgIpc) is 3.49. The number of aryl methyl sites for hydroxylation is 1. The Labute approximate surface area is 316 Å². The van der Waals surface area contributed by atoms with E-state index < -0.39 is 11.7 Å². The number of amides is 1. The molecule has 0 unspecified atom stereocenters. The van der Waals surface area contributed by atoms with Gasteiger partial charge in [-0.15, -0.1) is 0 Å². The van der Waals surface area contributed by atoms with E-state index in [1.165, 1.54) is 64.7 Å². The Morgan fingerprint density at radius 3 is 1.92 bits per heavy atom. The van der Waals surface area contributed by atoms with Gasteiger partial charge in [-0.1, -0.05) is 106 Å². The summed E-state index contributed by atoms with van der Waals surface area (Å²) in [7, 11) is 3.22. The molecule has 1 amide bonds. The van der Waals surface area contributed by atoms with Gasteiger partial charge in [0.05, 0.1) is 19.3 Å². The van der Waals surface area contributed by atoms with Crippen LogP contribution in [0.3, 0.4) is 0 Å². The number of aromatic nitrogens is 1. The molecule has 292 valence electrons. The predicted molar refractivity (Wildman–Crippen MR) is 225 cm³/mol. The zero-order valence-corrected chi connectivity index (χ0v) is 34.8. The normalized spacial score (nSPS) is 10.2. The zero-order chi connectivity index (χ0) is 40.1. The predicted octanol–water partition coefficient (Wildman–Crippen LogP) is 11.6. The number of carbonyl (C=O) groups excluding carboxylic acids is 2. The lowest BCUT2D eigenvalue weighted by Crippen LogP contribution is -2.26. The van der Waals surface area contributed by atoms with E-state index in [1.807, 2.05) is 57.3 Å². The maximum absolute atomic E-state index is 15.1. The number of hydrogen-bond donors (Lipinski definition) is 3. The standard InChI is InChI=1S/C27H28FN3O3.C9H21N.2C3H8.C2H6/c1-6-18(11-21-16(2)30-14-23(21)20-9-7-8-10-25(20)34-5)19-12-22(17(3)32)27(24(28)13-19)31-26(33)15-29-4;1-4-7-10(8-5-2)9-6-3;2*1-3-2;1-2/h6-14,29-30H,1,15H2,2-5H3,(H,31,33);4-9H2,1-3H3;2*3H2,1-2H3;1-2H3/b18-11+;;;;. The third kappa shape index (κ3) is 18.0. The highest BCUT2D eigenvalue weighted by Gasteiger charge is 2.19. The van der Waals surface area contributed by atoms with Crippen molar-refractivity contribution >= 4 is 29.0 Å². The minimum absolute atomic E-state index is 0.00512. The third-order valence-corrected chi connectivity index (χ3v) is 7.07. The van der Waals surface area contributed by atoms with Crippen LogP contribution in [0.4, 0.5) is 10.1 Å². The Morgan fingerprint density at radius 1 is 0.923 bits per heavy atom. The van der Waals surface area contributed by atoms with E-state index >= 15 is 4.39 Å². The minimum Gasteiger partial charge on any atom is -0.496 e. The van der Waals surface area contributed by atoms with Crippen LogP contribution in [0.5, 0.6) is 5.75 Å². The van der Waals surface area contributed by atoms with Crippen molar-refractivity contribution in [3.63, 3.8) is 0 Å². The first-order valence-electron chi connectivity index (χ1n) is 19.1. The number of allylic oxidation sites excluding steroid dienone is 2. The van der Waals surface area contributed by atoms with Gasteiger partial charge in [0.2, 0.25) is 5.91 Å². The number of methoxy groups -OCH3 is 1. The Balaban J connectivity index is 0. The van der Waals surface area contributed by atoms with E-state index in [2.05, 4.69) is 75.6 Å². The van der Waals surface area contributed by atoms with Gasteiger partial charge >= 0.3 is 0 Å². The molecule has 1 aromatic heterocycles. The number of ether oxygens (including phenoxy) is 1. The number of ketones is 1. The lowest BCUT2D eigenvalue weighted by molar-refractivity contribution is -0.115. The molecule has 7 nitrogen and oxygen atoms in total. The lowest BCUT2D eigenvalue weighted by atomic mass is 9.95. The van der Waals surface area contributed by atoms with Crippen LogP contribution in [0, 0.1) is 12.7 Å². The van der Waals surface area contributed by atoms with Crippen molar-refractivity contribution in [3.05, 3.63) is 83.5 Å². The summed E-state index contributed by atoms with van der Waals surface area (Å²) in [5.41, 5.74) is 4.65. The summed E-state index contributed by atoms with van der Waals surface area (Å²) >= 11 is 0. The molecule has 0 saturated carbocycles. The summed E-state index contributed by atoms with van der Waals surface area (Å²) in [4.78, 5) is 30.1. The van der Waals surface area contributed by atoms with Crippen LogP contribution in [0.1, 0.15) is 129 Å². The number of likely N-dealkylation sites (N-methyl/N-ethyl adjacent to an activating group) is 1. The Kier molecular flexibility index (Phi) is 29.5. The molecule has 0 bridgehead atoms. The monoisotopic (exact) mass is 723 g/mol. The van der Waals surface area contributed by atoms with E-state index in [9.17, 15) is 9.59 Å². The fourth-order valence-electron chi connectivity index (χ4n) is 5.04. The summed E-state index contributed by atoms with van der Waals surface area (Å²) in [6, 6.07) is 10.5. The van der Waals surface area contributed by atoms with Gasteiger partial charge in [-0.3, -0.25) is 9.59 Å². The number of para-hydroxylation sites is 1. The summed E-state index contributed by atoms with van der Waals surface area (Å²) in [6.45, 7) is 30.2. The first-order valence-corrected chi connectivity index (χ1v) is 19.1. The zero-order valence-electron chi connectivity index (χ0n) is 34.8. The number of nitrogens with zero attached hydrogens (tertiary/aromatic N) is 1. The molecule has 3 aromatic rings. The lowest BCUT2D eigenvalue weighted by Gasteiger charge is -2.19. The summed E-state index contributed by atoms with van der Waals surface area (Å²) < 4.78 is 20.6. The van der Waals surface area contributed by atoms with Crippen molar-refractivity contribution in [2.45, 2.75) is 108 Å². The molecule has 0 aliphatic carbocycles. The number of aromatic amines is 1. The maximum atomic E-state index is 15.1. The van der Waals surface area contributed by atoms with Crippen molar-refractivity contribution in [2.24, 2.45) is 0 Å². The van der Waals surface area contributed by atoms with E-state index in [0.29, 0.717) is 11.1 Å². The number of anilines is 1. The SMILES string of the molecule is C=C/C(=C\c1c(-c2ccccc2OC)c[nH]c1C)c1cc(F)c(NC(=O)CNC)c(C(C)=O)c1.CC.CCC.CCC.CCCN(CCC)CCC. The maximum Gasteiger partial charge on any atom is 0.238 e. The molecule has 0 fully saturated rings. The highest BCUT2D eigenvalue weighted by atomic mass is 19.1. The average molecular weight is 723 g/mol. The third-order valence-electron chi connectivity index (χ3n) is 7.07. The highest BCUT2D eigenvalue weighted by molar-refractivity contribution is 6.05. The van der Waals surface area contributed by atoms with E-state index in [4.69, 9.17) is 4.74 Å². The molecular formula is C44H71FN4O3. The van der Waals surface area contributed by atoms with Crippen LogP contribution < -0.4 is 15.4 Å². The number of rotatable bonds is 15. The molecule has 8 heteroatoms. The molecule has 0 atom stereocenters. The summed E-state index contributed by atoms with van der Waals surface area (Å²) in [6.07, 6.45) is 11.8. The molecule has 1 heterocycles. The van der Waals surface area contributed by atoms with Gasteiger partial charge in [-0.25, -0.2) is 4.39 Å². The molecule has 0 aliphatic rings. The van der Waals surface area contributed by atoms with Crippen LogP contribution in [-0.2, 0) is 4.79 Å². The van der Waals surface area contributed by atoms with Crippen LogP contribution in [-0.4, -0.2) is 61.9 Å². The van der Waals surface area contributed by atoms with Gasteiger partial charge in [0.15, 0.2) is 5.78 Å². The van der Waals surface area contributed by atoms with Crippen molar-refractivity contribution in [1.29, 1.82) is 0 Å². The first kappa shape index (κ1) is 50.1. The topological polar surface area (TPSA) is 86.5 Å². The fourth-order valence-corrected chi connectivity index (χ4v) is 5.04. The molecule has 2 aromatic carbocycles. The number of hydrogen-bond acceptors (Lipinski definition) is 5. The second kappa shape index (κ2) is 30.6. The van der Waals surface area contributed by atoms with Gasteiger partial charge in [0, 0.05) is 34.1 Å². The quantitative estimate of drug-likeness (QED) is 0.107. The van der Waals surface area contributed by atoms with Crippen LogP contribution >= 0.6 is 0 Å². The van der Waals surface area contributed by atoms with Crippen molar-refractivity contribution in [2.75, 3.05) is 45.7 Å². The summed E-state index contributed by atoms with van der Waals surface area (Å²) in [5.74, 6) is -0.782. The molecule has 3 N–H and O–H groups in total. The Hall–Kier alpha value is -4.01. The number of benzene rings is 2. The second-order valence-corrected chi connectivity index (χ2v) is 12.0. The molecule has 3 rings (SSSR count). The Morgan fingerprint density at radius 2 is 1.46 bits per heavy atom. The van der Waals surface area contributed by atoms with E-state index in [-0.39, 0.29) is 23.6 Å². The van der Waals surface area contributed by atoms with E-state index in [0.717, 1.165) is 28.1 Å². The Bertz CT molecular complexity index is 1450. The van der Waals surface area contributed by atoms with Crippen molar-refractivity contribution < 1.29 is 18.7 Å².